The van der Waals surface area contributed by atoms with Crippen molar-refractivity contribution in [3.05, 3.63) is 28.2 Å². The van der Waals surface area contributed by atoms with Crippen LogP contribution in [-0.4, -0.2) is 39.6 Å². The molecule has 1 fully saturated rings. The zero-order chi connectivity index (χ0) is 14.4. The van der Waals surface area contributed by atoms with Gasteiger partial charge in [-0.05, 0) is 31.2 Å². The molecule has 0 bridgehead atoms. The fourth-order valence-corrected chi connectivity index (χ4v) is 2.77. The van der Waals surface area contributed by atoms with Gasteiger partial charge in [0.15, 0.2) is 0 Å². The first kappa shape index (κ1) is 15.8. The predicted octanol–water partition coefficient (Wildman–Crippen LogP) is 2.91. The minimum absolute atomic E-state index is 0.0125. The van der Waals surface area contributed by atoms with Crippen LogP contribution in [0.4, 0.5) is 0 Å². The van der Waals surface area contributed by atoms with Gasteiger partial charge in [-0.15, -0.1) is 0 Å². The largest absolute Gasteiger partial charge is 0.496 e. The quantitative estimate of drug-likeness (QED) is 0.861. The second-order valence-corrected chi connectivity index (χ2v) is 5.72. The molecule has 2 rings (SSSR count). The maximum Gasteiger partial charge on any atom is 0.123 e. The summed E-state index contributed by atoms with van der Waals surface area (Å²) >= 11 is 3.53. The van der Waals surface area contributed by atoms with Gasteiger partial charge in [-0.25, -0.2) is 0 Å². The van der Waals surface area contributed by atoms with E-state index in [1.807, 2.05) is 12.1 Å². The number of methoxy groups -OCH3 is 1. The Hall–Kier alpha value is -0.620. The van der Waals surface area contributed by atoms with E-state index in [0.29, 0.717) is 19.8 Å². The maximum absolute atomic E-state index is 5.87. The second-order valence-electron chi connectivity index (χ2n) is 4.80. The third-order valence-electron chi connectivity index (χ3n) is 3.35. The molecule has 112 valence electrons. The van der Waals surface area contributed by atoms with Gasteiger partial charge in [0.05, 0.1) is 33.0 Å². The molecular weight excluding hydrogens is 322 g/mol. The van der Waals surface area contributed by atoms with Crippen LogP contribution < -0.4 is 10.1 Å². The summed E-state index contributed by atoms with van der Waals surface area (Å²) in [5.41, 5.74) is 1.10. The summed E-state index contributed by atoms with van der Waals surface area (Å²) in [6.45, 7) is 5.01. The molecule has 1 heterocycles. The normalized spacial score (nSPS) is 20.6. The average Bonchev–Trinajstić information content (AvgIpc) is 2.49. The Kier molecular flexibility index (Phi) is 6.29. The van der Waals surface area contributed by atoms with Gasteiger partial charge in [0, 0.05) is 10.0 Å². The lowest BCUT2D eigenvalue weighted by atomic mass is 10.00. The lowest BCUT2D eigenvalue weighted by Gasteiger charge is -2.32. The average molecular weight is 344 g/mol. The van der Waals surface area contributed by atoms with Crippen LogP contribution in [0.15, 0.2) is 22.7 Å². The summed E-state index contributed by atoms with van der Waals surface area (Å²) < 4.78 is 18.0. The molecule has 1 aliphatic heterocycles. The summed E-state index contributed by atoms with van der Waals surface area (Å²) in [7, 11) is 1.70. The Morgan fingerprint density at radius 2 is 2.30 bits per heavy atom. The molecule has 20 heavy (non-hydrogen) atoms. The topological polar surface area (TPSA) is 39.7 Å². The molecule has 0 radical (unpaired) electrons. The third kappa shape index (κ3) is 3.95. The van der Waals surface area contributed by atoms with E-state index in [2.05, 4.69) is 34.2 Å². The van der Waals surface area contributed by atoms with Crippen molar-refractivity contribution in [3.8, 4) is 5.75 Å². The van der Waals surface area contributed by atoms with Crippen LogP contribution >= 0.6 is 15.9 Å². The Morgan fingerprint density at radius 3 is 2.95 bits per heavy atom. The minimum Gasteiger partial charge on any atom is -0.496 e. The smallest absolute Gasteiger partial charge is 0.123 e. The van der Waals surface area contributed by atoms with Crippen LogP contribution in [0.25, 0.3) is 0 Å². The molecule has 0 spiro atoms. The number of hydrogen-bond donors (Lipinski definition) is 1. The van der Waals surface area contributed by atoms with Gasteiger partial charge < -0.3 is 19.5 Å². The summed E-state index contributed by atoms with van der Waals surface area (Å²) in [5, 5.41) is 3.55. The SMILES string of the molecule is CCCNC(c1cc(Br)ccc1OC)C1COCCO1. The Labute approximate surface area is 128 Å². The summed E-state index contributed by atoms with van der Waals surface area (Å²) in [4.78, 5) is 0. The summed E-state index contributed by atoms with van der Waals surface area (Å²) in [6, 6.07) is 6.12. The molecule has 0 aliphatic carbocycles. The monoisotopic (exact) mass is 343 g/mol. The lowest BCUT2D eigenvalue weighted by molar-refractivity contribution is -0.102. The molecule has 1 aliphatic rings. The number of hydrogen-bond acceptors (Lipinski definition) is 4. The van der Waals surface area contributed by atoms with Crippen LogP contribution in [-0.2, 0) is 9.47 Å². The standard InChI is InChI=1S/C15H22BrNO3/c1-3-6-17-15(14-10-19-7-8-20-14)12-9-11(16)4-5-13(12)18-2/h4-5,9,14-15,17H,3,6-8,10H2,1-2H3. The van der Waals surface area contributed by atoms with Gasteiger partial charge >= 0.3 is 0 Å². The van der Waals surface area contributed by atoms with E-state index in [1.165, 1.54) is 0 Å². The Bertz CT molecular complexity index is 422. The Balaban J connectivity index is 2.26. The number of benzene rings is 1. The minimum atomic E-state index is 0.0125. The van der Waals surface area contributed by atoms with Gasteiger partial charge in [-0.1, -0.05) is 22.9 Å². The molecule has 2 unspecified atom stereocenters. The van der Waals surface area contributed by atoms with Crippen molar-refractivity contribution in [2.24, 2.45) is 0 Å². The van der Waals surface area contributed by atoms with Gasteiger partial charge in [0.1, 0.15) is 11.9 Å². The molecule has 2 atom stereocenters. The number of ether oxygens (including phenoxy) is 3. The Morgan fingerprint density at radius 1 is 1.45 bits per heavy atom. The van der Waals surface area contributed by atoms with Gasteiger partial charge in [-0.3, -0.25) is 0 Å². The van der Waals surface area contributed by atoms with Crippen molar-refractivity contribution in [2.75, 3.05) is 33.5 Å². The van der Waals surface area contributed by atoms with E-state index in [4.69, 9.17) is 14.2 Å². The maximum atomic E-state index is 5.87. The molecule has 1 aromatic carbocycles. The summed E-state index contributed by atoms with van der Waals surface area (Å²) in [5.74, 6) is 0.871. The molecule has 0 saturated carbocycles. The van der Waals surface area contributed by atoms with Crippen LogP contribution in [0.3, 0.4) is 0 Å². The number of rotatable bonds is 6. The fourth-order valence-electron chi connectivity index (χ4n) is 2.39. The van der Waals surface area contributed by atoms with Gasteiger partial charge in [0.25, 0.3) is 0 Å². The van der Waals surface area contributed by atoms with Crippen LogP contribution in [0.5, 0.6) is 5.75 Å². The van der Waals surface area contributed by atoms with Crippen LogP contribution in [0.2, 0.25) is 0 Å². The van der Waals surface area contributed by atoms with Crippen molar-refractivity contribution < 1.29 is 14.2 Å². The van der Waals surface area contributed by atoms with E-state index in [1.54, 1.807) is 7.11 Å². The van der Waals surface area contributed by atoms with Crippen LogP contribution in [0.1, 0.15) is 24.9 Å². The highest BCUT2D eigenvalue weighted by atomic mass is 79.9. The van der Waals surface area contributed by atoms with Crippen molar-refractivity contribution in [2.45, 2.75) is 25.5 Å². The van der Waals surface area contributed by atoms with Crippen LogP contribution in [0, 0.1) is 0 Å². The molecule has 0 aromatic heterocycles. The van der Waals surface area contributed by atoms with E-state index in [0.717, 1.165) is 28.8 Å². The highest BCUT2D eigenvalue weighted by molar-refractivity contribution is 9.10. The fraction of sp³-hybridized carbons (Fsp3) is 0.600. The first-order chi connectivity index (χ1) is 9.76. The zero-order valence-electron chi connectivity index (χ0n) is 12.0. The second kappa shape index (κ2) is 7.98. The number of halogens is 1. The molecular formula is C15H22BrNO3. The molecule has 5 heteroatoms. The van der Waals surface area contributed by atoms with Crippen molar-refractivity contribution >= 4 is 15.9 Å². The van der Waals surface area contributed by atoms with Crippen molar-refractivity contribution in [3.63, 3.8) is 0 Å². The van der Waals surface area contributed by atoms with E-state index in [-0.39, 0.29) is 12.1 Å². The first-order valence-corrected chi connectivity index (χ1v) is 7.81. The molecule has 1 aromatic rings. The van der Waals surface area contributed by atoms with Gasteiger partial charge in [0.2, 0.25) is 0 Å². The van der Waals surface area contributed by atoms with E-state index < -0.39 is 0 Å². The predicted molar refractivity (Wildman–Crippen MR) is 82.3 cm³/mol. The highest BCUT2D eigenvalue weighted by Gasteiger charge is 2.28. The van der Waals surface area contributed by atoms with Crippen molar-refractivity contribution in [1.82, 2.24) is 5.32 Å². The molecule has 0 amide bonds. The molecule has 1 N–H and O–H groups in total. The summed E-state index contributed by atoms with van der Waals surface area (Å²) in [6.07, 6.45) is 1.08. The number of nitrogens with one attached hydrogen (secondary N) is 1. The highest BCUT2D eigenvalue weighted by Crippen LogP contribution is 2.32. The molecule has 1 saturated heterocycles. The van der Waals surface area contributed by atoms with E-state index >= 15 is 0 Å². The lowest BCUT2D eigenvalue weighted by Crippen LogP contribution is -2.41. The van der Waals surface area contributed by atoms with E-state index in [9.17, 15) is 0 Å². The third-order valence-corrected chi connectivity index (χ3v) is 3.85. The van der Waals surface area contributed by atoms with Gasteiger partial charge in [-0.2, -0.15) is 0 Å². The zero-order valence-corrected chi connectivity index (χ0v) is 13.6. The molecule has 4 nitrogen and oxygen atoms in total. The first-order valence-electron chi connectivity index (χ1n) is 7.02. The van der Waals surface area contributed by atoms with Crippen molar-refractivity contribution in [1.29, 1.82) is 0 Å².